The van der Waals surface area contributed by atoms with Crippen LogP contribution >= 0.6 is 22.9 Å². The number of rotatable bonds is 7. The Morgan fingerprint density at radius 1 is 1.10 bits per heavy atom. The predicted molar refractivity (Wildman–Crippen MR) is 150 cm³/mol. The number of hydrogen-bond donors (Lipinski definition) is 2. The van der Waals surface area contributed by atoms with Crippen molar-refractivity contribution in [1.29, 1.82) is 0 Å². The smallest absolute Gasteiger partial charge is 0.338 e. The number of ether oxygens (including phenoxy) is 1. The molecule has 41 heavy (non-hydrogen) atoms. The summed E-state index contributed by atoms with van der Waals surface area (Å²) in [4.78, 5) is 54.6. The number of hydrogen-bond acceptors (Lipinski definition) is 8. The monoisotopic (exact) mass is 592 g/mol. The first kappa shape index (κ1) is 27.8. The molecule has 10 nitrogen and oxygen atoms in total. The van der Waals surface area contributed by atoms with Crippen LogP contribution in [0.2, 0.25) is 5.02 Å². The van der Waals surface area contributed by atoms with Gasteiger partial charge in [-0.3, -0.25) is 9.36 Å². The van der Waals surface area contributed by atoms with Crippen LogP contribution in [0.4, 0.5) is 0 Å². The van der Waals surface area contributed by atoms with Crippen LogP contribution in [0.3, 0.4) is 0 Å². The Morgan fingerprint density at radius 3 is 2.41 bits per heavy atom. The summed E-state index contributed by atoms with van der Waals surface area (Å²) in [6, 6.07) is 12.8. The molecule has 0 fully saturated rings. The van der Waals surface area contributed by atoms with Crippen molar-refractivity contribution in [1.82, 2.24) is 4.57 Å². The lowest BCUT2D eigenvalue weighted by Gasteiger charge is -2.25. The van der Waals surface area contributed by atoms with Gasteiger partial charge in [0.05, 0.1) is 33.5 Å². The number of furan rings is 1. The van der Waals surface area contributed by atoms with Gasteiger partial charge in [-0.25, -0.2) is 19.4 Å². The number of carbonyl (C=O) groups is 3. The van der Waals surface area contributed by atoms with Crippen molar-refractivity contribution >= 4 is 46.9 Å². The van der Waals surface area contributed by atoms with Gasteiger partial charge in [0.25, 0.3) is 5.56 Å². The molecule has 0 radical (unpaired) electrons. The molecule has 2 aromatic heterocycles. The maximum atomic E-state index is 13.8. The van der Waals surface area contributed by atoms with Gasteiger partial charge in [0.1, 0.15) is 17.6 Å². The number of aromatic carboxylic acids is 2. The highest BCUT2D eigenvalue weighted by Crippen LogP contribution is 2.34. The number of carbonyl (C=O) groups excluding carboxylic acids is 1. The Labute approximate surface area is 240 Å². The first-order valence-electron chi connectivity index (χ1n) is 12.2. The maximum Gasteiger partial charge on any atom is 0.338 e. The second kappa shape index (κ2) is 11.0. The van der Waals surface area contributed by atoms with E-state index in [2.05, 4.69) is 4.99 Å². The molecule has 0 saturated carbocycles. The van der Waals surface area contributed by atoms with E-state index in [0.29, 0.717) is 21.1 Å². The predicted octanol–water partition coefficient (Wildman–Crippen LogP) is 4.11. The fourth-order valence-electron chi connectivity index (χ4n) is 4.51. The number of esters is 1. The van der Waals surface area contributed by atoms with Crippen molar-refractivity contribution in [3.8, 4) is 11.3 Å². The number of carboxylic acids is 2. The van der Waals surface area contributed by atoms with Crippen LogP contribution in [0.15, 0.2) is 80.1 Å². The lowest BCUT2D eigenvalue weighted by Crippen LogP contribution is -2.40. The molecule has 4 aromatic rings. The summed E-state index contributed by atoms with van der Waals surface area (Å²) in [7, 11) is 0. The van der Waals surface area contributed by atoms with Gasteiger partial charge in [-0.1, -0.05) is 41.1 Å². The Kier molecular flexibility index (Phi) is 7.48. The first-order chi connectivity index (χ1) is 19.6. The Bertz CT molecular complexity index is 1920. The lowest BCUT2D eigenvalue weighted by molar-refractivity contribution is -0.139. The largest absolute Gasteiger partial charge is 0.478 e. The van der Waals surface area contributed by atoms with E-state index in [0.717, 1.165) is 17.4 Å². The second-order valence-corrected chi connectivity index (χ2v) is 10.4. The summed E-state index contributed by atoms with van der Waals surface area (Å²) < 4.78 is 12.8. The number of fused-ring (bicyclic) bond motifs is 1. The molecule has 0 saturated heterocycles. The Balaban J connectivity index is 1.63. The third-order valence-electron chi connectivity index (χ3n) is 6.33. The fraction of sp³-hybridized carbons (Fsp3) is 0.138. The minimum atomic E-state index is -1.28. The molecule has 0 amide bonds. The quantitative estimate of drug-likeness (QED) is 0.305. The average Bonchev–Trinajstić information content (AvgIpc) is 3.52. The number of allylic oxidation sites excluding steroid dienone is 1. The normalized spacial score (nSPS) is 14.9. The van der Waals surface area contributed by atoms with Crippen molar-refractivity contribution in [2.24, 2.45) is 4.99 Å². The number of nitrogens with zero attached hydrogens (tertiary/aromatic N) is 2. The molecule has 12 heteroatoms. The lowest BCUT2D eigenvalue weighted by atomic mass is 9.96. The van der Waals surface area contributed by atoms with Gasteiger partial charge < -0.3 is 19.4 Å². The second-order valence-electron chi connectivity index (χ2n) is 8.94. The van der Waals surface area contributed by atoms with Crippen molar-refractivity contribution < 1.29 is 33.8 Å². The van der Waals surface area contributed by atoms with E-state index in [9.17, 15) is 29.4 Å². The van der Waals surface area contributed by atoms with E-state index < -0.39 is 29.5 Å². The first-order valence-corrected chi connectivity index (χ1v) is 13.4. The molecule has 2 aromatic carbocycles. The summed E-state index contributed by atoms with van der Waals surface area (Å²) in [5.74, 6) is -2.70. The number of aromatic nitrogens is 1. The van der Waals surface area contributed by atoms with E-state index in [-0.39, 0.29) is 44.9 Å². The highest BCUT2D eigenvalue weighted by Gasteiger charge is 2.34. The van der Waals surface area contributed by atoms with Gasteiger partial charge in [0, 0.05) is 16.7 Å². The number of benzene rings is 2. The van der Waals surface area contributed by atoms with Gasteiger partial charge in [0.2, 0.25) is 0 Å². The molecule has 3 heterocycles. The molecular formula is C29H21ClN2O8S. The van der Waals surface area contributed by atoms with Crippen LogP contribution in [-0.4, -0.2) is 39.3 Å². The van der Waals surface area contributed by atoms with Crippen LogP contribution in [0, 0.1) is 0 Å². The maximum absolute atomic E-state index is 13.8. The highest BCUT2D eigenvalue weighted by atomic mass is 35.5. The van der Waals surface area contributed by atoms with Gasteiger partial charge >= 0.3 is 17.9 Å². The number of carboxylic acid groups (broad SMARTS) is 2. The topological polar surface area (TPSA) is 148 Å². The molecule has 0 aliphatic carbocycles. The molecule has 1 atom stereocenters. The van der Waals surface area contributed by atoms with Gasteiger partial charge in [0.15, 0.2) is 4.80 Å². The van der Waals surface area contributed by atoms with Crippen LogP contribution < -0.4 is 14.9 Å². The summed E-state index contributed by atoms with van der Waals surface area (Å²) >= 11 is 7.61. The third-order valence-corrected chi connectivity index (χ3v) is 7.66. The average molecular weight is 593 g/mol. The van der Waals surface area contributed by atoms with Crippen LogP contribution in [0.5, 0.6) is 0 Å². The van der Waals surface area contributed by atoms with Crippen LogP contribution in [0.1, 0.15) is 51.9 Å². The molecule has 0 unspecified atom stereocenters. The van der Waals surface area contributed by atoms with Crippen molar-refractivity contribution in [2.45, 2.75) is 19.9 Å². The molecule has 1 aliphatic rings. The Morgan fingerprint density at radius 2 is 1.78 bits per heavy atom. The minimum absolute atomic E-state index is 0.138. The summed E-state index contributed by atoms with van der Waals surface area (Å²) in [5, 5.41) is 19.1. The van der Waals surface area contributed by atoms with Crippen molar-refractivity contribution in [2.75, 3.05) is 6.61 Å². The van der Waals surface area contributed by atoms with E-state index in [1.54, 1.807) is 50.2 Å². The summed E-state index contributed by atoms with van der Waals surface area (Å²) in [6.07, 6.45) is 1.50. The zero-order valence-electron chi connectivity index (χ0n) is 21.6. The number of thiazole rings is 1. The highest BCUT2D eigenvalue weighted by molar-refractivity contribution is 7.07. The van der Waals surface area contributed by atoms with Crippen LogP contribution in [0.25, 0.3) is 17.4 Å². The molecule has 5 rings (SSSR count). The zero-order valence-corrected chi connectivity index (χ0v) is 23.2. The van der Waals surface area contributed by atoms with E-state index in [4.69, 9.17) is 20.8 Å². The Hall–Kier alpha value is -4.74. The minimum Gasteiger partial charge on any atom is -0.478 e. The van der Waals surface area contributed by atoms with E-state index >= 15 is 0 Å². The fourth-order valence-corrected chi connectivity index (χ4v) is 5.78. The summed E-state index contributed by atoms with van der Waals surface area (Å²) in [6.45, 7) is 3.49. The van der Waals surface area contributed by atoms with E-state index in [1.807, 2.05) is 0 Å². The van der Waals surface area contributed by atoms with Gasteiger partial charge in [-0.05, 0) is 55.8 Å². The van der Waals surface area contributed by atoms with Crippen molar-refractivity contribution in [3.63, 3.8) is 0 Å². The summed E-state index contributed by atoms with van der Waals surface area (Å²) in [5.41, 5.74) is 0.522. The van der Waals surface area contributed by atoms with Crippen LogP contribution in [-0.2, 0) is 9.53 Å². The van der Waals surface area contributed by atoms with Gasteiger partial charge in [-0.2, -0.15) is 0 Å². The van der Waals surface area contributed by atoms with Crippen molar-refractivity contribution in [3.05, 3.63) is 113 Å². The molecule has 0 bridgehead atoms. The molecule has 208 valence electrons. The zero-order chi connectivity index (χ0) is 29.4. The van der Waals surface area contributed by atoms with E-state index in [1.165, 1.54) is 22.8 Å². The SMILES string of the molecule is CCOC(=O)C1=C(C)N=c2s/c(=C\c3ccc(-c4cc(C(=O)O)cc(C(=O)O)c4)o3)c(=O)n2[C@H]1c1ccccc1Cl. The van der Waals surface area contributed by atoms with Gasteiger partial charge in [-0.15, -0.1) is 0 Å². The molecular weight excluding hydrogens is 572 g/mol. The number of halogens is 1. The third kappa shape index (κ3) is 5.24. The molecule has 1 aliphatic heterocycles. The standard InChI is InChI=1S/C29H21ClN2O8S/c1-3-39-28(38)23-14(2)31-29-32(24(23)19-6-4-5-7-20(19)30)25(33)22(41-29)13-18-8-9-21(40-18)15-10-16(26(34)35)12-17(11-15)27(36)37/h4-13,24H,3H2,1-2H3,(H,34,35)(H,36,37)/b22-13-/t24-/m0/s1. The molecule has 0 spiro atoms. The molecule has 2 N–H and O–H groups in total.